The van der Waals surface area contributed by atoms with E-state index in [-0.39, 0.29) is 11.4 Å². The quantitative estimate of drug-likeness (QED) is 0.487. The van der Waals surface area contributed by atoms with Gasteiger partial charge in [0.25, 0.3) is 5.91 Å². The maximum atomic E-state index is 11.7. The molecule has 0 aliphatic heterocycles. The third kappa shape index (κ3) is 5.35. The van der Waals surface area contributed by atoms with E-state index in [9.17, 15) is 19.5 Å². The summed E-state index contributed by atoms with van der Waals surface area (Å²) in [5.74, 6) is -2.68. The second-order valence-corrected chi connectivity index (χ2v) is 5.00. The first-order chi connectivity index (χ1) is 9.58. The first-order valence-electron chi connectivity index (χ1n) is 5.87. The van der Waals surface area contributed by atoms with Crippen LogP contribution in [0.1, 0.15) is 41.7 Å². The van der Waals surface area contributed by atoms with Crippen molar-refractivity contribution in [1.82, 2.24) is 10.3 Å². The summed E-state index contributed by atoms with van der Waals surface area (Å²) in [6, 6.07) is 2.38. The highest BCUT2D eigenvalue weighted by atomic mass is 16.6. The average Bonchev–Trinajstić information content (AvgIpc) is 2.74. The van der Waals surface area contributed by atoms with E-state index in [0.717, 1.165) is 6.07 Å². The number of carboxylic acid groups (broad SMARTS) is 1. The van der Waals surface area contributed by atoms with E-state index in [1.807, 2.05) is 0 Å². The van der Waals surface area contributed by atoms with Gasteiger partial charge in [0, 0.05) is 0 Å². The molecule has 0 aliphatic rings. The summed E-state index contributed by atoms with van der Waals surface area (Å²) in [5.41, 5.74) is 4.30. The van der Waals surface area contributed by atoms with Gasteiger partial charge in [-0.3, -0.25) is 10.1 Å². The van der Waals surface area contributed by atoms with Crippen molar-refractivity contribution in [3.63, 3.8) is 0 Å². The van der Waals surface area contributed by atoms with Gasteiger partial charge in [-0.2, -0.15) is 0 Å². The van der Waals surface area contributed by atoms with Gasteiger partial charge in [-0.1, -0.05) is 0 Å². The fourth-order valence-electron chi connectivity index (χ4n) is 1.24. The summed E-state index contributed by atoms with van der Waals surface area (Å²) in [4.78, 5) is 39.2. The zero-order valence-electron chi connectivity index (χ0n) is 11.7. The second kappa shape index (κ2) is 6.07. The maximum Gasteiger partial charge on any atom is 0.437 e. The Hall–Kier alpha value is -2.84. The molecule has 114 valence electrons. The minimum atomic E-state index is -1.45. The van der Waals surface area contributed by atoms with E-state index in [1.165, 1.54) is 6.07 Å². The smallest absolute Gasteiger partial charge is 0.437 e. The third-order valence-electron chi connectivity index (χ3n) is 2.00. The van der Waals surface area contributed by atoms with E-state index in [2.05, 4.69) is 15.3 Å². The number of rotatable bonds is 2. The van der Waals surface area contributed by atoms with E-state index < -0.39 is 29.5 Å². The highest BCUT2D eigenvalue weighted by Crippen LogP contribution is 2.07. The lowest BCUT2D eigenvalue weighted by atomic mass is 10.2. The van der Waals surface area contributed by atoms with Crippen molar-refractivity contribution in [3.05, 3.63) is 23.5 Å². The number of aromatic nitrogens is 1. The number of H-pyrrole nitrogens is 1. The summed E-state index contributed by atoms with van der Waals surface area (Å²) in [5, 5.41) is 12.7. The fraction of sp³-hybridized carbons (Fsp3) is 0.333. The number of guanidine groups is 1. The van der Waals surface area contributed by atoms with Crippen LogP contribution in [-0.4, -0.2) is 34.5 Å². The lowest BCUT2D eigenvalue weighted by Crippen LogP contribution is -2.38. The molecule has 1 aromatic heterocycles. The lowest BCUT2D eigenvalue weighted by Gasteiger charge is -2.17. The monoisotopic (exact) mass is 295 g/mol. The number of ether oxygens (including phenoxy) is 1. The largest absolute Gasteiger partial charge is 0.543 e. The van der Waals surface area contributed by atoms with Gasteiger partial charge >= 0.3 is 6.09 Å². The molecule has 0 aromatic carbocycles. The Labute approximate surface area is 120 Å². The molecule has 1 aromatic rings. The summed E-state index contributed by atoms with van der Waals surface area (Å²) in [7, 11) is 0. The molecule has 21 heavy (non-hydrogen) atoms. The zero-order chi connectivity index (χ0) is 16.2. The Balaban J connectivity index is 2.69. The molecule has 4 N–H and O–H groups in total. The molecule has 0 fully saturated rings. The molecule has 1 heterocycles. The average molecular weight is 295 g/mol. The van der Waals surface area contributed by atoms with Crippen LogP contribution in [0.5, 0.6) is 0 Å². The van der Waals surface area contributed by atoms with Gasteiger partial charge in [-0.25, -0.2) is 4.79 Å². The Kier molecular flexibility index (Phi) is 4.69. The van der Waals surface area contributed by atoms with Crippen LogP contribution < -0.4 is 16.2 Å². The van der Waals surface area contributed by atoms with Crippen LogP contribution in [0.25, 0.3) is 0 Å². The number of carboxylic acids is 1. The molecule has 1 rings (SSSR count). The van der Waals surface area contributed by atoms with Crippen molar-refractivity contribution in [3.8, 4) is 0 Å². The molecule has 0 radical (unpaired) electrons. The number of aliphatic imine (C=N–C) groups is 1. The number of carbonyl (C=O) groups is 3. The summed E-state index contributed by atoms with van der Waals surface area (Å²) < 4.78 is 4.88. The lowest BCUT2D eigenvalue weighted by molar-refractivity contribution is -0.255. The number of carbonyl (C=O) groups excluding carboxylic acids is 3. The van der Waals surface area contributed by atoms with E-state index in [4.69, 9.17) is 10.5 Å². The van der Waals surface area contributed by atoms with Crippen molar-refractivity contribution in [2.24, 2.45) is 10.7 Å². The van der Waals surface area contributed by atoms with Crippen molar-refractivity contribution in [1.29, 1.82) is 0 Å². The fourth-order valence-corrected chi connectivity index (χ4v) is 1.24. The van der Waals surface area contributed by atoms with Crippen LogP contribution in [0.15, 0.2) is 17.1 Å². The number of amides is 2. The third-order valence-corrected chi connectivity index (χ3v) is 2.00. The Morgan fingerprint density at radius 3 is 2.33 bits per heavy atom. The number of nitrogens with one attached hydrogen (secondary N) is 2. The van der Waals surface area contributed by atoms with Crippen LogP contribution in [-0.2, 0) is 4.74 Å². The van der Waals surface area contributed by atoms with Gasteiger partial charge in [0.15, 0.2) is 0 Å². The Bertz CT molecular complexity index is 597. The molecule has 0 atom stereocenters. The summed E-state index contributed by atoms with van der Waals surface area (Å²) in [6.07, 6.45) is -0.956. The van der Waals surface area contributed by atoms with Crippen molar-refractivity contribution in [2.45, 2.75) is 26.4 Å². The van der Waals surface area contributed by atoms with Crippen LogP contribution in [0.2, 0.25) is 0 Å². The van der Waals surface area contributed by atoms with Crippen LogP contribution in [0.3, 0.4) is 0 Å². The maximum absolute atomic E-state index is 11.7. The molecule has 0 bridgehead atoms. The summed E-state index contributed by atoms with van der Waals surface area (Å²) >= 11 is 0. The molecule has 0 saturated carbocycles. The molecule has 0 saturated heterocycles. The number of nitrogens with zero attached hydrogens (tertiary/aromatic N) is 1. The standard InChI is InChI=1S/C12H16N4O5/c1-12(2,3)21-11(20)16-10(13)15-8(17)6-4-5-7(14-6)9(18)19/h4-5,14H,1-3H3,(H,18,19)(H3,13,15,16,17,20)/p-1. The van der Waals surface area contributed by atoms with E-state index in [0.29, 0.717) is 0 Å². The number of hydrogen-bond acceptors (Lipinski definition) is 5. The van der Waals surface area contributed by atoms with Crippen LogP contribution in [0.4, 0.5) is 4.79 Å². The van der Waals surface area contributed by atoms with Gasteiger partial charge in [-0.05, 0) is 32.9 Å². The molecule has 9 heteroatoms. The van der Waals surface area contributed by atoms with Gasteiger partial charge in [0.1, 0.15) is 11.3 Å². The predicted molar refractivity (Wildman–Crippen MR) is 70.4 cm³/mol. The van der Waals surface area contributed by atoms with Crippen LogP contribution in [0, 0.1) is 0 Å². The summed E-state index contributed by atoms with van der Waals surface area (Å²) in [6.45, 7) is 4.95. The SMILES string of the molecule is CC(C)(C)OC(=O)N=C(N)NC(=O)c1ccc(C(=O)[O-])[nH]1. The molecule has 2 amide bonds. The van der Waals surface area contributed by atoms with Crippen LogP contribution >= 0.6 is 0 Å². The van der Waals surface area contributed by atoms with Gasteiger partial charge < -0.3 is 25.4 Å². The number of nitrogens with two attached hydrogens (primary N) is 1. The first kappa shape index (κ1) is 16.2. The Morgan fingerprint density at radius 1 is 1.29 bits per heavy atom. The Morgan fingerprint density at radius 2 is 1.86 bits per heavy atom. The molecule has 0 spiro atoms. The minimum Gasteiger partial charge on any atom is -0.543 e. The topological polar surface area (TPSA) is 150 Å². The molecule has 0 aliphatic carbocycles. The molecular weight excluding hydrogens is 280 g/mol. The predicted octanol–water partition coefficient (Wildman–Crippen LogP) is -0.642. The highest BCUT2D eigenvalue weighted by molar-refractivity contribution is 6.06. The van der Waals surface area contributed by atoms with E-state index >= 15 is 0 Å². The number of aromatic carboxylic acids is 1. The van der Waals surface area contributed by atoms with E-state index in [1.54, 1.807) is 20.8 Å². The van der Waals surface area contributed by atoms with Gasteiger partial charge in [-0.15, -0.1) is 4.99 Å². The van der Waals surface area contributed by atoms with Gasteiger partial charge in [0.2, 0.25) is 5.96 Å². The normalized spacial score (nSPS) is 11.9. The highest BCUT2D eigenvalue weighted by Gasteiger charge is 2.17. The molecule has 0 unspecified atom stereocenters. The number of hydrogen-bond donors (Lipinski definition) is 3. The minimum absolute atomic E-state index is 0.0726. The number of aromatic amines is 1. The molecule has 9 nitrogen and oxygen atoms in total. The zero-order valence-corrected chi connectivity index (χ0v) is 11.7. The second-order valence-electron chi connectivity index (χ2n) is 5.00. The van der Waals surface area contributed by atoms with Crippen molar-refractivity contribution < 1.29 is 24.2 Å². The van der Waals surface area contributed by atoms with Crippen molar-refractivity contribution >= 4 is 23.9 Å². The first-order valence-corrected chi connectivity index (χ1v) is 5.87. The molecular formula is C12H15N4O5-. The van der Waals surface area contributed by atoms with Gasteiger partial charge in [0.05, 0.1) is 11.7 Å². The van der Waals surface area contributed by atoms with Crippen molar-refractivity contribution in [2.75, 3.05) is 0 Å².